The van der Waals surface area contributed by atoms with Crippen molar-refractivity contribution in [2.24, 2.45) is 0 Å². The average Bonchev–Trinajstić information content (AvgIpc) is 2.39. The number of aromatic nitrogens is 2. The number of benzene rings is 1. The fourth-order valence-corrected chi connectivity index (χ4v) is 1.59. The molecular weight excluding hydrogens is 268 g/mol. The molecule has 0 aliphatic heterocycles. The minimum Gasteiger partial charge on any atom is -0.469 e. The van der Waals surface area contributed by atoms with Gasteiger partial charge in [0.25, 0.3) is 0 Å². The van der Waals surface area contributed by atoms with Crippen molar-refractivity contribution in [3.63, 3.8) is 0 Å². The van der Waals surface area contributed by atoms with Crippen LogP contribution in [0.2, 0.25) is 5.15 Å². The maximum Gasteiger partial charge on any atom is 0.309 e. The summed E-state index contributed by atoms with van der Waals surface area (Å²) in [7, 11) is 1.35. The molecule has 1 aromatic heterocycles. The van der Waals surface area contributed by atoms with E-state index < -0.39 is 0 Å². The first-order chi connectivity index (χ1) is 9.17. The molecule has 0 amide bonds. The number of hydrogen-bond donors (Lipinski definition) is 0. The molecule has 0 atom stereocenters. The molecular formula is C13H11ClN2O3. The lowest BCUT2D eigenvalue weighted by molar-refractivity contribution is -0.139. The van der Waals surface area contributed by atoms with Gasteiger partial charge in [0, 0.05) is 6.07 Å². The van der Waals surface area contributed by atoms with Crippen LogP contribution in [0, 0.1) is 0 Å². The third kappa shape index (κ3) is 3.93. The number of carbonyl (C=O) groups is 1. The van der Waals surface area contributed by atoms with Gasteiger partial charge in [0.05, 0.1) is 13.5 Å². The van der Waals surface area contributed by atoms with E-state index >= 15 is 0 Å². The number of esters is 1. The van der Waals surface area contributed by atoms with Crippen molar-refractivity contribution >= 4 is 17.6 Å². The second-order valence-corrected chi connectivity index (χ2v) is 4.07. The van der Waals surface area contributed by atoms with Gasteiger partial charge >= 0.3 is 5.97 Å². The Balaban J connectivity index is 2.13. The standard InChI is InChI=1S/C13H11ClN2O3/c1-18-13(17)6-9-3-2-4-10(5-9)19-12-7-11(14)15-8-16-12/h2-5,7-8H,6H2,1H3. The van der Waals surface area contributed by atoms with Crippen LogP contribution < -0.4 is 4.74 Å². The average molecular weight is 279 g/mol. The van der Waals surface area contributed by atoms with Crippen molar-refractivity contribution in [2.45, 2.75) is 6.42 Å². The molecule has 2 aromatic rings. The summed E-state index contributed by atoms with van der Waals surface area (Å²) in [6.07, 6.45) is 1.51. The summed E-state index contributed by atoms with van der Waals surface area (Å²) in [5.41, 5.74) is 0.796. The van der Waals surface area contributed by atoms with E-state index in [1.165, 1.54) is 19.5 Å². The van der Waals surface area contributed by atoms with Gasteiger partial charge in [-0.25, -0.2) is 9.97 Å². The van der Waals surface area contributed by atoms with Gasteiger partial charge in [-0.1, -0.05) is 23.7 Å². The van der Waals surface area contributed by atoms with E-state index in [0.717, 1.165) is 5.56 Å². The molecule has 0 bridgehead atoms. The van der Waals surface area contributed by atoms with Crippen molar-refractivity contribution in [3.8, 4) is 11.6 Å². The van der Waals surface area contributed by atoms with Crippen molar-refractivity contribution in [2.75, 3.05) is 7.11 Å². The number of nitrogens with zero attached hydrogens (tertiary/aromatic N) is 2. The van der Waals surface area contributed by atoms with E-state index in [9.17, 15) is 4.79 Å². The number of halogens is 1. The Morgan fingerprint density at radius 1 is 1.32 bits per heavy atom. The Hall–Kier alpha value is -2.14. The molecule has 0 spiro atoms. The van der Waals surface area contributed by atoms with E-state index in [1.54, 1.807) is 18.2 Å². The highest BCUT2D eigenvalue weighted by Crippen LogP contribution is 2.21. The molecule has 1 aromatic carbocycles. The molecule has 5 nitrogen and oxygen atoms in total. The summed E-state index contributed by atoms with van der Waals surface area (Å²) >= 11 is 5.74. The van der Waals surface area contributed by atoms with Crippen molar-refractivity contribution < 1.29 is 14.3 Å². The summed E-state index contributed by atoms with van der Waals surface area (Å²) in [6, 6.07) is 8.62. The third-order valence-electron chi connectivity index (χ3n) is 2.31. The highest BCUT2D eigenvalue weighted by Gasteiger charge is 2.05. The van der Waals surface area contributed by atoms with Gasteiger partial charge in [-0.3, -0.25) is 4.79 Å². The lowest BCUT2D eigenvalue weighted by Crippen LogP contribution is -2.04. The molecule has 0 aliphatic rings. The highest BCUT2D eigenvalue weighted by atomic mass is 35.5. The predicted molar refractivity (Wildman–Crippen MR) is 69.3 cm³/mol. The maximum absolute atomic E-state index is 11.2. The van der Waals surface area contributed by atoms with E-state index in [4.69, 9.17) is 16.3 Å². The van der Waals surface area contributed by atoms with E-state index in [2.05, 4.69) is 14.7 Å². The number of rotatable bonds is 4. The lowest BCUT2D eigenvalue weighted by Gasteiger charge is -2.06. The second-order valence-electron chi connectivity index (χ2n) is 3.68. The fourth-order valence-electron chi connectivity index (χ4n) is 1.45. The van der Waals surface area contributed by atoms with Crippen LogP contribution in [-0.2, 0) is 16.0 Å². The Morgan fingerprint density at radius 3 is 2.89 bits per heavy atom. The van der Waals surface area contributed by atoms with Crippen molar-refractivity contribution in [1.29, 1.82) is 0 Å². The van der Waals surface area contributed by atoms with Crippen LogP contribution in [0.3, 0.4) is 0 Å². The van der Waals surface area contributed by atoms with Crippen LogP contribution >= 0.6 is 11.6 Å². The Morgan fingerprint density at radius 2 is 2.16 bits per heavy atom. The SMILES string of the molecule is COC(=O)Cc1cccc(Oc2cc(Cl)ncn2)c1. The summed E-state index contributed by atoms with van der Waals surface area (Å²) in [5, 5.41) is 0.302. The number of hydrogen-bond acceptors (Lipinski definition) is 5. The van der Waals surface area contributed by atoms with Crippen LogP contribution in [0.5, 0.6) is 11.6 Å². The number of methoxy groups -OCH3 is 1. The van der Waals surface area contributed by atoms with Crippen LogP contribution in [0.15, 0.2) is 36.7 Å². The zero-order valence-corrected chi connectivity index (χ0v) is 10.9. The van der Waals surface area contributed by atoms with Gasteiger partial charge < -0.3 is 9.47 Å². The Bertz CT molecular complexity index is 590. The molecule has 98 valence electrons. The largest absolute Gasteiger partial charge is 0.469 e. The molecule has 0 saturated carbocycles. The van der Waals surface area contributed by atoms with Gasteiger partial charge in [-0.15, -0.1) is 0 Å². The van der Waals surface area contributed by atoms with Crippen LogP contribution in [0.4, 0.5) is 0 Å². The third-order valence-corrected chi connectivity index (χ3v) is 2.51. The monoisotopic (exact) mass is 278 g/mol. The summed E-state index contributed by atoms with van der Waals surface area (Å²) < 4.78 is 10.1. The van der Waals surface area contributed by atoms with Crippen LogP contribution in [0.1, 0.15) is 5.56 Å². The number of ether oxygens (including phenoxy) is 2. The van der Waals surface area contributed by atoms with Crippen molar-refractivity contribution in [1.82, 2.24) is 9.97 Å². The molecule has 0 fully saturated rings. The van der Waals surface area contributed by atoms with Gasteiger partial charge in [0.15, 0.2) is 0 Å². The quantitative estimate of drug-likeness (QED) is 0.635. The van der Waals surface area contributed by atoms with Gasteiger partial charge in [-0.2, -0.15) is 0 Å². The van der Waals surface area contributed by atoms with Crippen LogP contribution in [-0.4, -0.2) is 23.0 Å². The molecule has 2 rings (SSSR count). The maximum atomic E-state index is 11.2. The van der Waals surface area contributed by atoms with E-state index in [0.29, 0.717) is 16.8 Å². The predicted octanol–water partition coefficient (Wildman–Crippen LogP) is 2.64. The van der Waals surface area contributed by atoms with Gasteiger partial charge in [0.2, 0.25) is 5.88 Å². The second kappa shape index (κ2) is 6.15. The zero-order valence-electron chi connectivity index (χ0n) is 10.2. The molecule has 0 N–H and O–H groups in total. The molecule has 1 heterocycles. The Kier molecular flexibility index (Phi) is 4.30. The molecule has 0 aliphatic carbocycles. The molecule has 6 heteroatoms. The first kappa shape index (κ1) is 13.3. The number of carbonyl (C=O) groups excluding carboxylic acids is 1. The normalized spacial score (nSPS) is 10.0. The lowest BCUT2D eigenvalue weighted by atomic mass is 10.1. The first-order valence-corrected chi connectivity index (χ1v) is 5.86. The van der Waals surface area contributed by atoms with Gasteiger partial charge in [0.1, 0.15) is 17.2 Å². The molecule has 0 unspecified atom stereocenters. The summed E-state index contributed by atoms with van der Waals surface area (Å²) in [5.74, 6) is 0.605. The Labute approximate surface area is 115 Å². The van der Waals surface area contributed by atoms with Gasteiger partial charge in [-0.05, 0) is 17.7 Å². The molecule has 0 radical (unpaired) electrons. The zero-order chi connectivity index (χ0) is 13.7. The van der Waals surface area contributed by atoms with E-state index in [-0.39, 0.29) is 12.4 Å². The summed E-state index contributed by atoms with van der Waals surface area (Å²) in [4.78, 5) is 18.9. The molecule has 19 heavy (non-hydrogen) atoms. The highest BCUT2D eigenvalue weighted by molar-refractivity contribution is 6.29. The van der Waals surface area contributed by atoms with Crippen molar-refractivity contribution in [3.05, 3.63) is 47.4 Å². The topological polar surface area (TPSA) is 61.3 Å². The first-order valence-electron chi connectivity index (χ1n) is 5.48. The molecule has 0 saturated heterocycles. The summed E-state index contributed by atoms with van der Waals surface area (Å²) in [6.45, 7) is 0. The van der Waals surface area contributed by atoms with E-state index in [1.807, 2.05) is 6.07 Å². The van der Waals surface area contributed by atoms with Crippen LogP contribution in [0.25, 0.3) is 0 Å². The minimum absolute atomic E-state index is 0.193. The smallest absolute Gasteiger partial charge is 0.309 e. The fraction of sp³-hybridized carbons (Fsp3) is 0.154. The minimum atomic E-state index is -0.303.